The summed E-state index contributed by atoms with van der Waals surface area (Å²) in [7, 11) is 0. The molecule has 1 aromatic heterocycles. The maximum Gasteiger partial charge on any atom is 0.253 e. The van der Waals surface area contributed by atoms with E-state index in [0.717, 1.165) is 16.8 Å². The molecule has 26 heavy (non-hydrogen) atoms. The predicted octanol–water partition coefficient (Wildman–Crippen LogP) is 4.86. The van der Waals surface area contributed by atoms with Crippen LogP contribution in [0.3, 0.4) is 0 Å². The van der Waals surface area contributed by atoms with Gasteiger partial charge in [-0.25, -0.2) is 4.39 Å². The summed E-state index contributed by atoms with van der Waals surface area (Å²) >= 11 is 6.13. The second kappa shape index (κ2) is 7.97. The van der Waals surface area contributed by atoms with Gasteiger partial charge in [-0.15, -0.1) is 0 Å². The van der Waals surface area contributed by atoms with E-state index in [9.17, 15) is 9.18 Å². The Hall–Kier alpha value is -2.92. The Balaban J connectivity index is 1.66. The summed E-state index contributed by atoms with van der Waals surface area (Å²) in [5, 5.41) is 6.63. The van der Waals surface area contributed by atoms with E-state index in [1.165, 1.54) is 18.3 Å². The molecule has 0 saturated carbocycles. The standard InChI is InChI=1S/C20H17ClFN3O/c1-13-2-7-17(9-19(13)21)25-18-8-15(11-23-12-18)20(26)24-10-14-3-5-16(22)6-4-14/h2-9,11-12,25H,10H2,1H3,(H,24,26). The number of anilines is 2. The average molecular weight is 370 g/mol. The maximum atomic E-state index is 12.9. The van der Waals surface area contributed by atoms with Crippen LogP contribution in [-0.4, -0.2) is 10.9 Å². The Kier molecular flexibility index (Phi) is 5.49. The molecule has 2 N–H and O–H groups in total. The van der Waals surface area contributed by atoms with Crippen molar-refractivity contribution in [2.75, 3.05) is 5.32 Å². The Morgan fingerprint density at radius 2 is 1.85 bits per heavy atom. The summed E-state index contributed by atoms with van der Waals surface area (Å²) in [5.41, 5.74) is 3.72. The van der Waals surface area contributed by atoms with Crippen molar-refractivity contribution in [3.05, 3.63) is 88.5 Å². The van der Waals surface area contributed by atoms with E-state index in [0.29, 0.717) is 22.8 Å². The van der Waals surface area contributed by atoms with Gasteiger partial charge in [0.1, 0.15) is 5.82 Å². The van der Waals surface area contributed by atoms with Crippen LogP contribution in [0.5, 0.6) is 0 Å². The van der Waals surface area contributed by atoms with Gasteiger partial charge in [-0.2, -0.15) is 0 Å². The summed E-state index contributed by atoms with van der Waals surface area (Å²) in [6.07, 6.45) is 3.12. The smallest absolute Gasteiger partial charge is 0.253 e. The molecule has 0 atom stereocenters. The van der Waals surface area contributed by atoms with Crippen molar-refractivity contribution in [3.8, 4) is 0 Å². The number of benzene rings is 2. The number of hydrogen-bond acceptors (Lipinski definition) is 3. The second-order valence-electron chi connectivity index (χ2n) is 5.86. The van der Waals surface area contributed by atoms with Crippen LogP contribution in [0, 0.1) is 12.7 Å². The monoisotopic (exact) mass is 369 g/mol. The summed E-state index contributed by atoms with van der Waals surface area (Å²) in [6, 6.07) is 13.3. The molecule has 0 aliphatic carbocycles. The molecule has 2 aromatic carbocycles. The molecule has 1 amide bonds. The van der Waals surface area contributed by atoms with Crippen LogP contribution in [0.1, 0.15) is 21.5 Å². The summed E-state index contributed by atoms with van der Waals surface area (Å²) in [6.45, 7) is 2.24. The molecule has 0 unspecified atom stereocenters. The lowest BCUT2D eigenvalue weighted by Crippen LogP contribution is -2.23. The molecule has 6 heteroatoms. The molecule has 1 heterocycles. The molecule has 0 radical (unpaired) electrons. The molecule has 3 aromatic rings. The Morgan fingerprint density at radius 1 is 1.08 bits per heavy atom. The van der Waals surface area contributed by atoms with Crippen LogP contribution in [0.2, 0.25) is 5.02 Å². The number of amides is 1. The zero-order chi connectivity index (χ0) is 18.5. The van der Waals surface area contributed by atoms with Gasteiger partial charge in [-0.1, -0.05) is 29.8 Å². The van der Waals surface area contributed by atoms with E-state index in [-0.39, 0.29) is 11.7 Å². The van der Waals surface area contributed by atoms with Gasteiger partial charge in [0.15, 0.2) is 0 Å². The zero-order valence-electron chi connectivity index (χ0n) is 14.1. The molecule has 0 fully saturated rings. The van der Waals surface area contributed by atoms with E-state index < -0.39 is 0 Å². The van der Waals surface area contributed by atoms with Crippen molar-refractivity contribution in [2.24, 2.45) is 0 Å². The molecule has 0 saturated heterocycles. The van der Waals surface area contributed by atoms with Gasteiger partial charge >= 0.3 is 0 Å². The minimum absolute atomic E-state index is 0.257. The Labute approximate surface area is 156 Å². The highest BCUT2D eigenvalue weighted by atomic mass is 35.5. The fourth-order valence-corrected chi connectivity index (χ4v) is 2.54. The van der Waals surface area contributed by atoms with Crippen molar-refractivity contribution in [1.29, 1.82) is 0 Å². The molecule has 4 nitrogen and oxygen atoms in total. The summed E-state index contributed by atoms with van der Waals surface area (Å²) < 4.78 is 12.9. The highest BCUT2D eigenvalue weighted by molar-refractivity contribution is 6.31. The van der Waals surface area contributed by atoms with Gasteiger partial charge in [0, 0.05) is 23.5 Å². The number of aromatic nitrogens is 1. The van der Waals surface area contributed by atoms with E-state index in [4.69, 9.17) is 11.6 Å². The quantitative estimate of drug-likeness (QED) is 0.675. The van der Waals surface area contributed by atoms with Gasteiger partial charge in [-0.3, -0.25) is 9.78 Å². The highest BCUT2D eigenvalue weighted by Gasteiger charge is 2.08. The van der Waals surface area contributed by atoms with Crippen LogP contribution in [-0.2, 0) is 6.54 Å². The number of nitrogens with one attached hydrogen (secondary N) is 2. The third kappa shape index (κ3) is 4.58. The third-order valence-corrected chi connectivity index (χ3v) is 4.23. The predicted molar refractivity (Wildman–Crippen MR) is 101 cm³/mol. The van der Waals surface area contributed by atoms with Crippen LogP contribution >= 0.6 is 11.6 Å². The first-order chi connectivity index (χ1) is 12.5. The molecule has 0 aliphatic heterocycles. The summed E-state index contributed by atoms with van der Waals surface area (Å²) in [5.74, 6) is -0.563. The Bertz CT molecular complexity index is 929. The number of carbonyl (C=O) groups excluding carboxylic acids is 1. The number of hydrogen-bond donors (Lipinski definition) is 2. The maximum absolute atomic E-state index is 12.9. The number of pyridine rings is 1. The van der Waals surface area contributed by atoms with Crippen molar-refractivity contribution in [1.82, 2.24) is 10.3 Å². The lowest BCUT2D eigenvalue weighted by Gasteiger charge is -2.10. The topological polar surface area (TPSA) is 54.0 Å². The second-order valence-corrected chi connectivity index (χ2v) is 6.27. The van der Waals surface area contributed by atoms with Crippen LogP contribution in [0.15, 0.2) is 60.9 Å². The lowest BCUT2D eigenvalue weighted by atomic mass is 10.2. The minimum Gasteiger partial charge on any atom is -0.354 e. The van der Waals surface area contributed by atoms with E-state index >= 15 is 0 Å². The van der Waals surface area contributed by atoms with Crippen molar-refractivity contribution >= 4 is 28.9 Å². The first-order valence-corrected chi connectivity index (χ1v) is 8.40. The number of carbonyl (C=O) groups is 1. The molecule has 132 valence electrons. The van der Waals surface area contributed by atoms with Crippen molar-refractivity contribution < 1.29 is 9.18 Å². The molecular formula is C20H17ClFN3O. The molecule has 3 rings (SSSR count). The van der Waals surface area contributed by atoms with E-state index in [2.05, 4.69) is 15.6 Å². The molecule has 0 bridgehead atoms. The van der Waals surface area contributed by atoms with Crippen LogP contribution < -0.4 is 10.6 Å². The van der Waals surface area contributed by atoms with E-state index in [1.807, 2.05) is 25.1 Å². The first kappa shape index (κ1) is 17.9. The first-order valence-electron chi connectivity index (χ1n) is 8.02. The van der Waals surface area contributed by atoms with Crippen molar-refractivity contribution in [2.45, 2.75) is 13.5 Å². The minimum atomic E-state index is -0.306. The lowest BCUT2D eigenvalue weighted by molar-refractivity contribution is 0.0950. The van der Waals surface area contributed by atoms with Gasteiger partial charge in [0.05, 0.1) is 17.4 Å². The number of aryl methyl sites for hydroxylation is 1. The molecule has 0 aliphatic rings. The largest absolute Gasteiger partial charge is 0.354 e. The van der Waals surface area contributed by atoms with Crippen LogP contribution in [0.25, 0.3) is 0 Å². The van der Waals surface area contributed by atoms with Crippen molar-refractivity contribution in [3.63, 3.8) is 0 Å². The van der Waals surface area contributed by atoms with Gasteiger partial charge in [0.2, 0.25) is 0 Å². The SMILES string of the molecule is Cc1ccc(Nc2cncc(C(=O)NCc3ccc(F)cc3)c2)cc1Cl. The van der Waals surface area contributed by atoms with E-state index in [1.54, 1.807) is 24.4 Å². The number of halogens is 2. The highest BCUT2D eigenvalue weighted by Crippen LogP contribution is 2.23. The Morgan fingerprint density at radius 3 is 2.58 bits per heavy atom. The normalized spacial score (nSPS) is 10.4. The van der Waals surface area contributed by atoms with Gasteiger partial charge in [0.25, 0.3) is 5.91 Å². The fourth-order valence-electron chi connectivity index (χ4n) is 2.36. The fraction of sp³-hybridized carbons (Fsp3) is 0.100. The summed E-state index contributed by atoms with van der Waals surface area (Å²) in [4.78, 5) is 16.4. The molecule has 0 spiro atoms. The zero-order valence-corrected chi connectivity index (χ0v) is 14.8. The van der Waals surface area contributed by atoms with Gasteiger partial charge in [-0.05, 0) is 48.4 Å². The molecular weight excluding hydrogens is 353 g/mol. The number of nitrogens with zero attached hydrogens (tertiary/aromatic N) is 1. The van der Waals surface area contributed by atoms with Crippen LogP contribution in [0.4, 0.5) is 15.8 Å². The third-order valence-electron chi connectivity index (χ3n) is 3.83. The average Bonchev–Trinajstić information content (AvgIpc) is 2.64. The number of rotatable bonds is 5. The van der Waals surface area contributed by atoms with Gasteiger partial charge < -0.3 is 10.6 Å².